The molecule has 76 valence electrons. The van der Waals surface area contributed by atoms with Gasteiger partial charge >= 0.3 is 0 Å². The summed E-state index contributed by atoms with van der Waals surface area (Å²) in [5.74, 6) is -0.894. The third-order valence-electron chi connectivity index (χ3n) is 2.15. The van der Waals surface area contributed by atoms with Crippen LogP contribution in [-0.4, -0.2) is 4.98 Å². The zero-order valence-electron chi connectivity index (χ0n) is 8.17. The quantitative estimate of drug-likeness (QED) is 0.695. The van der Waals surface area contributed by atoms with Gasteiger partial charge in [0.05, 0.1) is 0 Å². The van der Waals surface area contributed by atoms with E-state index in [0.717, 1.165) is 17.8 Å². The van der Waals surface area contributed by atoms with Crippen LogP contribution in [0.5, 0.6) is 0 Å². The van der Waals surface area contributed by atoms with Gasteiger partial charge in [-0.2, -0.15) is 0 Å². The second-order valence-corrected chi connectivity index (χ2v) is 3.31. The third-order valence-corrected chi connectivity index (χ3v) is 2.15. The lowest BCUT2D eigenvalue weighted by atomic mass is 10.1. The van der Waals surface area contributed by atoms with E-state index in [1.807, 2.05) is 6.92 Å². The topological polar surface area (TPSA) is 12.9 Å². The molecule has 0 spiro atoms. The second kappa shape index (κ2) is 3.77. The zero-order valence-corrected chi connectivity index (χ0v) is 8.17. The summed E-state index contributed by atoms with van der Waals surface area (Å²) in [4.78, 5) is 4.04. The van der Waals surface area contributed by atoms with Crippen LogP contribution in [0.1, 0.15) is 5.69 Å². The molecule has 0 aliphatic carbocycles. The van der Waals surface area contributed by atoms with E-state index in [-0.39, 0.29) is 5.56 Å². The molecule has 0 aliphatic rings. The maximum Gasteiger partial charge on any atom is 0.131 e. The van der Waals surface area contributed by atoms with E-state index in [2.05, 4.69) is 4.98 Å². The molecule has 15 heavy (non-hydrogen) atoms. The Hall–Kier alpha value is -1.77. The molecule has 0 saturated heterocycles. The van der Waals surface area contributed by atoms with Crippen LogP contribution >= 0.6 is 0 Å². The number of benzene rings is 1. The highest BCUT2D eigenvalue weighted by Crippen LogP contribution is 2.22. The van der Waals surface area contributed by atoms with Crippen LogP contribution in [0.25, 0.3) is 11.1 Å². The number of aryl methyl sites for hydroxylation is 1. The molecule has 0 fully saturated rings. The molecule has 1 aromatic carbocycles. The number of hydrogen-bond donors (Lipinski definition) is 0. The number of rotatable bonds is 1. The molecule has 1 nitrogen and oxygen atoms in total. The molecule has 2 aromatic rings. The van der Waals surface area contributed by atoms with Crippen molar-refractivity contribution in [1.29, 1.82) is 0 Å². The van der Waals surface area contributed by atoms with Crippen molar-refractivity contribution in [3.63, 3.8) is 0 Å². The van der Waals surface area contributed by atoms with Gasteiger partial charge in [-0.1, -0.05) is 6.07 Å². The van der Waals surface area contributed by atoms with Gasteiger partial charge in [-0.3, -0.25) is 4.98 Å². The Balaban J connectivity index is 2.53. The first-order valence-corrected chi connectivity index (χ1v) is 4.55. The summed E-state index contributed by atoms with van der Waals surface area (Å²) in [6, 6.07) is 6.87. The van der Waals surface area contributed by atoms with E-state index in [1.165, 1.54) is 12.3 Å². The summed E-state index contributed by atoms with van der Waals surface area (Å²) in [5.41, 5.74) is 1.66. The molecule has 0 aliphatic heterocycles. The van der Waals surface area contributed by atoms with Crippen molar-refractivity contribution in [1.82, 2.24) is 4.98 Å². The fraction of sp³-hybridized carbons (Fsp3) is 0.0833. The van der Waals surface area contributed by atoms with E-state index < -0.39 is 11.6 Å². The lowest BCUT2D eigenvalue weighted by molar-refractivity contribution is 0.603. The van der Waals surface area contributed by atoms with Crippen molar-refractivity contribution >= 4 is 0 Å². The van der Waals surface area contributed by atoms with Gasteiger partial charge in [-0.25, -0.2) is 8.78 Å². The molecule has 3 heteroatoms. The van der Waals surface area contributed by atoms with Crippen LogP contribution in [0.4, 0.5) is 8.78 Å². The van der Waals surface area contributed by atoms with Gasteiger partial charge in [0.2, 0.25) is 0 Å². The minimum atomic E-state index is -0.452. The van der Waals surface area contributed by atoms with Gasteiger partial charge < -0.3 is 0 Å². The molecular formula is C12H9F2N. The third kappa shape index (κ3) is 2.01. The van der Waals surface area contributed by atoms with Crippen LogP contribution in [0, 0.1) is 18.6 Å². The highest BCUT2D eigenvalue weighted by atomic mass is 19.1. The van der Waals surface area contributed by atoms with Crippen molar-refractivity contribution in [3.8, 4) is 11.1 Å². The van der Waals surface area contributed by atoms with Gasteiger partial charge in [-0.05, 0) is 31.2 Å². The Bertz CT molecular complexity index is 477. The average molecular weight is 205 g/mol. The van der Waals surface area contributed by atoms with Gasteiger partial charge in [0.1, 0.15) is 11.6 Å². The molecule has 0 atom stereocenters. The monoisotopic (exact) mass is 205 g/mol. The minimum Gasteiger partial charge on any atom is -0.261 e. The first-order valence-electron chi connectivity index (χ1n) is 4.55. The summed E-state index contributed by atoms with van der Waals surface area (Å²) in [6.45, 7) is 1.84. The summed E-state index contributed by atoms with van der Waals surface area (Å²) >= 11 is 0. The van der Waals surface area contributed by atoms with E-state index in [9.17, 15) is 8.78 Å². The van der Waals surface area contributed by atoms with Gasteiger partial charge in [0, 0.05) is 23.0 Å². The number of pyridine rings is 1. The highest BCUT2D eigenvalue weighted by molar-refractivity contribution is 5.63. The summed E-state index contributed by atoms with van der Waals surface area (Å²) < 4.78 is 26.3. The number of halogens is 2. The standard InChI is InChI=1S/C12H9F2N/c1-8-2-3-9(7-15-8)11-6-10(13)4-5-12(11)14/h2-7H,1H3. The normalized spacial score (nSPS) is 10.3. The maximum atomic E-state index is 13.4. The fourth-order valence-corrected chi connectivity index (χ4v) is 1.35. The first kappa shape index (κ1) is 9.77. The van der Waals surface area contributed by atoms with E-state index in [1.54, 1.807) is 12.1 Å². The minimum absolute atomic E-state index is 0.238. The smallest absolute Gasteiger partial charge is 0.131 e. The Morgan fingerprint density at radius 2 is 1.87 bits per heavy atom. The molecule has 2 rings (SSSR count). The van der Waals surface area contributed by atoms with Crippen molar-refractivity contribution in [2.45, 2.75) is 6.92 Å². The van der Waals surface area contributed by atoms with E-state index >= 15 is 0 Å². The molecule has 0 saturated carbocycles. The number of hydrogen-bond acceptors (Lipinski definition) is 1. The van der Waals surface area contributed by atoms with Crippen molar-refractivity contribution in [2.75, 3.05) is 0 Å². The molecule has 0 N–H and O–H groups in total. The summed E-state index contributed by atoms with van der Waals surface area (Å²) in [6.07, 6.45) is 1.53. The summed E-state index contributed by atoms with van der Waals surface area (Å²) in [5, 5.41) is 0. The summed E-state index contributed by atoms with van der Waals surface area (Å²) in [7, 11) is 0. The molecular weight excluding hydrogens is 196 g/mol. The molecule has 1 heterocycles. The number of aromatic nitrogens is 1. The van der Waals surface area contributed by atoms with Crippen LogP contribution in [0.15, 0.2) is 36.5 Å². The van der Waals surface area contributed by atoms with Crippen molar-refractivity contribution in [3.05, 3.63) is 53.9 Å². The van der Waals surface area contributed by atoms with Gasteiger partial charge in [-0.15, -0.1) is 0 Å². The predicted molar refractivity (Wildman–Crippen MR) is 54.3 cm³/mol. The lowest BCUT2D eigenvalue weighted by Crippen LogP contribution is -1.88. The Morgan fingerprint density at radius 3 is 2.53 bits per heavy atom. The van der Waals surface area contributed by atoms with Crippen molar-refractivity contribution < 1.29 is 8.78 Å². The molecule has 0 bridgehead atoms. The Kier molecular flexibility index (Phi) is 2.46. The average Bonchev–Trinajstić information content (AvgIpc) is 2.23. The van der Waals surface area contributed by atoms with Crippen LogP contribution in [-0.2, 0) is 0 Å². The van der Waals surface area contributed by atoms with Crippen LogP contribution in [0.3, 0.4) is 0 Å². The molecule has 1 aromatic heterocycles. The van der Waals surface area contributed by atoms with E-state index in [0.29, 0.717) is 5.56 Å². The highest BCUT2D eigenvalue weighted by Gasteiger charge is 2.06. The SMILES string of the molecule is Cc1ccc(-c2cc(F)ccc2F)cn1. The Labute approximate surface area is 86.4 Å². The lowest BCUT2D eigenvalue weighted by Gasteiger charge is -2.03. The molecule has 0 amide bonds. The van der Waals surface area contributed by atoms with E-state index in [4.69, 9.17) is 0 Å². The van der Waals surface area contributed by atoms with Crippen molar-refractivity contribution in [2.24, 2.45) is 0 Å². The number of nitrogens with zero attached hydrogens (tertiary/aromatic N) is 1. The van der Waals surface area contributed by atoms with Crippen LogP contribution in [0.2, 0.25) is 0 Å². The largest absolute Gasteiger partial charge is 0.261 e. The van der Waals surface area contributed by atoms with Gasteiger partial charge in [0.15, 0.2) is 0 Å². The van der Waals surface area contributed by atoms with Crippen LogP contribution < -0.4 is 0 Å². The van der Waals surface area contributed by atoms with Gasteiger partial charge in [0.25, 0.3) is 0 Å². The second-order valence-electron chi connectivity index (χ2n) is 3.31. The fourth-order valence-electron chi connectivity index (χ4n) is 1.35. The first-order chi connectivity index (χ1) is 7.16. The maximum absolute atomic E-state index is 13.4. The zero-order chi connectivity index (χ0) is 10.8. The molecule has 0 radical (unpaired) electrons. The predicted octanol–water partition coefficient (Wildman–Crippen LogP) is 3.34. The Morgan fingerprint density at radius 1 is 1.07 bits per heavy atom. The molecule has 0 unspecified atom stereocenters.